The third kappa shape index (κ3) is 5.71. The monoisotopic (exact) mass is 395 g/mol. The molecule has 0 radical (unpaired) electrons. The number of pyridine rings is 1. The number of nitrogens with zero attached hydrogens (tertiary/aromatic N) is 3. The topological polar surface area (TPSA) is 48.8 Å². The second-order valence-electron chi connectivity index (χ2n) is 8.34. The van der Waals surface area contributed by atoms with Crippen LogP contribution in [0, 0.1) is 0 Å². The van der Waals surface area contributed by atoms with E-state index in [0.29, 0.717) is 19.1 Å². The molecule has 1 aromatic heterocycles. The molecular formula is C24H33N3O2. The molecule has 1 N–H and O–H groups in total. The van der Waals surface area contributed by atoms with Crippen LogP contribution in [0.1, 0.15) is 43.6 Å². The lowest BCUT2D eigenvalue weighted by atomic mass is 9.84. The van der Waals surface area contributed by atoms with Crippen molar-refractivity contribution in [3.63, 3.8) is 0 Å². The van der Waals surface area contributed by atoms with Crippen LogP contribution < -0.4 is 9.64 Å². The Kier molecular flexibility index (Phi) is 7.01. The number of benzene rings is 1. The number of aliphatic hydroxyl groups is 1. The van der Waals surface area contributed by atoms with Crippen molar-refractivity contribution in [2.75, 3.05) is 44.2 Å². The molecule has 1 saturated heterocycles. The lowest BCUT2D eigenvalue weighted by Gasteiger charge is -2.36. The Morgan fingerprint density at radius 1 is 0.966 bits per heavy atom. The summed E-state index contributed by atoms with van der Waals surface area (Å²) in [6, 6.07) is 14.5. The van der Waals surface area contributed by atoms with Gasteiger partial charge in [-0.2, -0.15) is 0 Å². The van der Waals surface area contributed by atoms with Crippen molar-refractivity contribution in [2.24, 2.45) is 0 Å². The summed E-state index contributed by atoms with van der Waals surface area (Å²) in [6.07, 6.45) is 8.07. The summed E-state index contributed by atoms with van der Waals surface area (Å²) in [5.74, 6) is 2.60. The number of anilines is 1. The van der Waals surface area contributed by atoms with Gasteiger partial charge in [0.1, 0.15) is 24.3 Å². The summed E-state index contributed by atoms with van der Waals surface area (Å²) in [7, 11) is 0. The molecule has 1 atom stereocenters. The molecule has 0 amide bonds. The summed E-state index contributed by atoms with van der Waals surface area (Å²) in [5.41, 5.74) is 1.43. The molecule has 29 heavy (non-hydrogen) atoms. The van der Waals surface area contributed by atoms with Crippen LogP contribution in [0.2, 0.25) is 0 Å². The molecule has 1 aromatic carbocycles. The van der Waals surface area contributed by atoms with Gasteiger partial charge < -0.3 is 14.7 Å². The molecule has 0 spiro atoms. The number of piperazine rings is 1. The number of rotatable bonds is 7. The van der Waals surface area contributed by atoms with Crippen LogP contribution in [-0.4, -0.2) is 60.4 Å². The van der Waals surface area contributed by atoms with E-state index in [0.717, 1.165) is 37.7 Å². The molecule has 4 rings (SSSR count). The number of aromatic nitrogens is 1. The first-order valence-corrected chi connectivity index (χ1v) is 11.1. The first-order chi connectivity index (χ1) is 14.3. The fourth-order valence-corrected chi connectivity index (χ4v) is 4.52. The van der Waals surface area contributed by atoms with Crippen LogP contribution in [0.25, 0.3) is 0 Å². The van der Waals surface area contributed by atoms with Crippen LogP contribution in [-0.2, 0) is 0 Å². The minimum Gasteiger partial charge on any atom is -0.491 e. The van der Waals surface area contributed by atoms with Gasteiger partial charge in [-0.15, -0.1) is 0 Å². The number of hydrogen-bond acceptors (Lipinski definition) is 5. The van der Waals surface area contributed by atoms with Gasteiger partial charge in [0.2, 0.25) is 0 Å². The predicted octanol–water partition coefficient (Wildman–Crippen LogP) is 3.69. The third-order valence-electron chi connectivity index (χ3n) is 6.21. The zero-order chi connectivity index (χ0) is 19.9. The van der Waals surface area contributed by atoms with Gasteiger partial charge in [0.25, 0.3) is 0 Å². The molecule has 1 aliphatic carbocycles. The maximum Gasteiger partial charge on any atom is 0.128 e. The summed E-state index contributed by atoms with van der Waals surface area (Å²) in [6.45, 7) is 4.73. The van der Waals surface area contributed by atoms with E-state index >= 15 is 0 Å². The number of hydrogen-bond donors (Lipinski definition) is 1. The summed E-state index contributed by atoms with van der Waals surface area (Å²) in [4.78, 5) is 9.03. The fourth-order valence-electron chi connectivity index (χ4n) is 4.52. The van der Waals surface area contributed by atoms with Crippen molar-refractivity contribution < 1.29 is 9.84 Å². The fraction of sp³-hybridized carbons (Fsp3) is 0.542. The van der Waals surface area contributed by atoms with E-state index in [2.05, 4.69) is 45.1 Å². The Labute approximate surface area is 174 Å². The zero-order valence-electron chi connectivity index (χ0n) is 17.2. The van der Waals surface area contributed by atoms with E-state index in [1.165, 1.54) is 37.7 Å². The highest BCUT2D eigenvalue weighted by molar-refractivity contribution is 5.38. The summed E-state index contributed by atoms with van der Waals surface area (Å²) < 4.78 is 5.85. The quantitative estimate of drug-likeness (QED) is 0.775. The largest absolute Gasteiger partial charge is 0.491 e. The number of ether oxygens (including phenoxy) is 1. The molecule has 2 aliphatic rings. The molecule has 0 bridgehead atoms. The lowest BCUT2D eigenvalue weighted by molar-refractivity contribution is 0.0662. The molecule has 1 unspecified atom stereocenters. The first kappa shape index (κ1) is 20.2. The standard InChI is InChI=1S/C24H33N3O2/c28-22(18-26-14-16-27(17-15-26)24-8-4-5-13-25-24)19-29-23-11-9-21(10-12-23)20-6-2-1-3-7-20/h4-5,8-13,20,22,28H,1-3,6-7,14-19H2. The van der Waals surface area contributed by atoms with Crippen LogP contribution in [0.3, 0.4) is 0 Å². The van der Waals surface area contributed by atoms with Crippen molar-refractivity contribution >= 4 is 5.82 Å². The van der Waals surface area contributed by atoms with Crippen LogP contribution in [0.15, 0.2) is 48.7 Å². The Morgan fingerprint density at radius 3 is 2.41 bits per heavy atom. The minimum atomic E-state index is -0.477. The van der Waals surface area contributed by atoms with Crippen LogP contribution in [0.5, 0.6) is 5.75 Å². The van der Waals surface area contributed by atoms with Gasteiger partial charge in [-0.3, -0.25) is 4.90 Å². The molecular weight excluding hydrogens is 362 g/mol. The van der Waals surface area contributed by atoms with Gasteiger partial charge in [-0.25, -0.2) is 4.98 Å². The van der Waals surface area contributed by atoms with E-state index in [4.69, 9.17) is 4.74 Å². The smallest absolute Gasteiger partial charge is 0.128 e. The molecule has 5 nitrogen and oxygen atoms in total. The predicted molar refractivity (Wildman–Crippen MR) is 117 cm³/mol. The Balaban J connectivity index is 1.18. The van der Waals surface area contributed by atoms with E-state index in [1.54, 1.807) is 0 Å². The van der Waals surface area contributed by atoms with Gasteiger partial charge in [0, 0.05) is 38.9 Å². The highest BCUT2D eigenvalue weighted by Crippen LogP contribution is 2.33. The maximum absolute atomic E-state index is 10.4. The van der Waals surface area contributed by atoms with Gasteiger partial charge >= 0.3 is 0 Å². The van der Waals surface area contributed by atoms with Crippen LogP contribution in [0.4, 0.5) is 5.82 Å². The van der Waals surface area contributed by atoms with Crippen molar-refractivity contribution in [2.45, 2.75) is 44.1 Å². The molecule has 2 fully saturated rings. The van der Waals surface area contributed by atoms with Crippen molar-refractivity contribution in [1.29, 1.82) is 0 Å². The summed E-state index contributed by atoms with van der Waals surface area (Å²) in [5, 5.41) is 10.4. The minimum absolute atomic E-state index is 0.337. The molecule has 156 valence electrons. The second-order valence-corrected chi connectivity index (χ2v) is 8.34. The van der Waals surface area contributed by atoms with Crippen molar-refractivity contribution in [1.82, 2.24) is 9.88 Å². The second kappa shape index (κ2) is 10.1. The van der Waals surface area contributed by atoms with E-state index < -0.39 is 6.10 Å². The molecule has 2 heterocycles. The van der Waals surface area contributed by atoms with Crippen molar-refractivity contribution in [3.8, 4) is 5.75 Å². The van der Waals surface area contributed by atoms with Gasteiger partial charge in [0.05, 0.1) is 0 Å². The molecule has 1 aliphatic heterocycles. The highest BCUT2D eigenvalue weighted by atomic mass is 16.5. The SMILES string of the molecule is OC(COc1ccc(C2CCCCC2)cc1)CN1CCN(c2ccccn2)CC1. The molecule has 5 heteroatoms. The Morgan fingerprint density at radius 2 is 1.72 bits per heavy atom. The Bertz CT molecular complexity index is 724. The molecule has 2 aromatic rings. The van der Waals surface area contributed by atoms with Gasteiger partial charge in [-0.05, 0) is 48.6 Å². The third-order valence-corrected chi connectivity index (χ3v) is 6.21. The first-order valence-electron chi connectivity index (χ1n) is 11.1. The average molecular weight is 396 g/mol. The van der Waals surface area contributed by atoms with E-state index in [1.807, 2.05) is 18.3 Å². The summed E-state index contributed by atoms with van der Waals surface area (Å²) >= 11 is 0. The van der Waals surface area contributed by atoms with E-state index in [9.17, 15) is 5.11 Å². The van der Waals surface area contributed by atoms with Gasteiger partial charge in [-0.1, -0.05) is 37.5 Å². The average Bonchev–Trinajstić information content (AvgIpc) is 2.80. The highest BCUT2D eigenvalue weighted by Gasteiger charge is 2.20. The Hall–Kier alpha value is -2.11. The lowest BCUT2D eigenvalue weighted by Crippen LogP contribution is -2.49. The number of β-amino-alcohol motifs (C(OH)–C–C–N with tert-alkyl or cyclic N) is 1. The normalized spacial score (nSPS) is 19.8. The number of aliphatic hydroxyl groups excluding tert-OH is 1. The van der Waals surface area contributed by atoms with Crippen molar-refractivity contribution in [3.05, 3.63) is 54.2 Å². The maximum atomic E-state index is 10.4. The van der Waals surface area contributed by atoms with Gasteiger partial charge in [0.15, 0.2) is 0 Å². The van der Waals surface area contributed by atoms with E-state index in [-0.39, 0.29) is 0 Å². The zero-order valence-corrected chi connectivity index (χ0v) is 17.2. The van der Waals surface area contributed by atoms with Crippen LogP contribution >= 0.6 is 0 Å². The molecule has 1 saturated carbocycles.